The average molecular weight is 901 g/mol. The topological polar surface area (TPSA) is 6.48 Å². The summed E-state index contributed by atoms with van der Waals surface area (Å²) in [5, 5.41) is 0. The number of halogens is 2. The van der Waals surface area contributed by atoms with Crippen LogP contribution in [0.25, 0.3) is 6.08 Å². The molecule has 0 radical (unpaired) electrons. The Kier molecular flexibility index (Phi) is 14.7. The second-order valence-corrected chi connectivity index (χ2v) is 25.1. The summed E-state index contributed by atoms with van der Waals surface area (Å²) in [6.07, 6.45) is 27.8. The Morgan fingerprint density at radius 1 is 0.554 bits per heavy atom. The fraction of sp³-hybridized carbons (Fsp3) is 0.580. The maximum atomic E-state index is 4.85. The third-order valence-electron chi connectivity index (χ3n) is 14.5. The molecule has 0 N–H and O–H groups in total. The molecule has 8 rings (SSSR count). The van der Waals surface area contributed by atoms with Crippen LogP contribution in [0.2, 0.25) is 0 Å². The Balaban J connectivity index is 0.00000155. The quantitative estimate of drug-likeness (QED) is 0.180. The Morgan fingerprint density at radius 2 is 0.964 bits per heavy atom. The third kappa shape index (κ3) is 8.43. The van der Waals surface area contributed by atoms with Crippen LogP contribution in [0.15, 0.2) is 60.2 Å². The second kappa shape index (κ2) is 19.3. The molecule has 56 heavy (non-hydrogen) atoms. The number of fused-ring (bicyclic) bond motifs is 1. The molecule has 1 saturated heterocycles. The Labute approximate surface area is 357 Å². The van der Waals surface area contributed by atoms with Gasteiger partial charge >= 0.3 is 34.5 Å². The predicted molar refractivity (Wildman–Crippen MR) is 246 cm³/mol. The SMILES string of the molecule is Cc1cc(C)c(N2C(=P(C3CCCCC3)(C3CCCCC3)C3CCCCC3=Cc3ccccc3)N(c3c(C)cc(C)cc3C)C3CCCCC32)c(C)c1.[Cl][Ru][Cl]. The summed E-state index contributed by atoms with van der Waals surface area (Å²) < 4.78 is 0. The number of aryl methyl sites for hydroxylation is 6. The molecule has 0 spiro atoms. The molecule has 0 bridgehead atoms. The molecule has 6 heteroatoms. The molecule has 4 saturated carbocycles. The van der Waals surface area contributed by atoms with E-state index in [1.807, 2.05) is 11.1 Å². The summed E-state index contributed by atoms with van der Waals surface area (Å²) in [4.78, 5) is 6.36. The van der Waals surface area contributed by atoms with Gasteiger partial charge in [0.25, 0.3) is 0 Å². The molecule has 5 fully saturated rings. The van der Waals surface area contributed by atoms with Crippen LogP contribution in [0.4, 0.5) is 11.4 Å². The van der Waals surface area contributed by atoms with Crippen LogP contribution >= 0.6 is 26.3 Å². The zero-order chi connectivity index (χ0) is 39.4. The molecule has 3 aromatic rings. The molecule has 306 valence electrons. The molecule has 0 amide bonds. The van der Waals surface area contributed by atoms with Crippen LogP contribution in [-0.4, -0.2) is 34.6 Å². The molecule has 5 aliphatic rings. The van der Waals surface area contributed by atoms with Crippen LogP contribution in [0.3, 0.4) is 0 Å². The summed E-state index contributed by atoms with van der Waals surface area (Å²) in [6, 6.07) is 22.6. The standard InChI is InChI=1S/C50H69N2P.2ClH.Ru/c1-35-30-37(3)48(38(4)31-35)51-45-27-17-18-28-46(45)52(49-39(5)32-36(2)33-40(49)6)50(51)53(43-23-12-8-13-24-43,44-25-14-9-15-26-44)47-29-19-16-22-42(47)34-41-20-10-7-11-21-41;;;/h7,10-11,20-21,30-34,43-47H,8-9,12-19,22-29H2,1-6H3;2*1H;/q;;;+2/p-2. The van der Waals surface area contributed by atoms with Crippen molar-refractivity contribution in [3.8, 4) is 0 Å². The van der Waals surface area contributed by atoms with Crippen molar-refractivity contribution in [3.05, 3.63) is 99.1 Å². The van der Waals surface area contributed by atoms with Crippen molar-refractivity contribution >= 4 is 49.3 Å². The van der Waals surface area contributed by atoms with Gasteiger partial charge in [-0.25, -0.2) is 0 Å². The number of rotatable bonds is 6. The number of hydrogen-bond donors (Lipinski definition) is 0. The van der Waals surface area contributed by atoms with Gasteiger partial charge in [-0.15, -0.1) is 0 Å². The predicted octanol–water partition coefficient (Wildman–Crippen LogP) is 15.3. The number of nitrogens with zero attached hydrogens (tertiary/aromatic N) is 2. The van der Waals surface area contributed by atoms with E-state index >= 15 is 0 Å². The number of hydrogen-bond acceptors (Lipinski definition) is 0. The first-order valence-corrected chi connectivity index (χ1v) is 28.8. The zero-order valence-electron chi connectivity index (χ0n) is 35.3. The third-order valence-corrected chi connectivity index (χ3v) is 20.7. The van der Waals surface area contributed by atoms with Gasteiger partial charge in [-0.2, -0.15) is 0 Å². The van der Waals surface area contributed by atoms with Crippen molar-refractivity contribution < 1.29 is 15.1 Å². The molecule has 4 aliphatic carbocycles. The minimum absolute atomic E-state index is 0.346. The van der Waals surface area contributed by atoms with Crippen molar-refractivity contribution in [2.75, 3.05) is 9.80 Å². The van der Waals surface area contributed by atoms with E-state index in [0.717, 1.165) is 11.3 Å². The van der Waals surface area contributed by atoms with Gasteiger partial charge in [-0.3, -0.25) is 0 Å². The molecular formula is C50H69Cl2N2PRu. The van der Waals surface area contributed by atoms with Crippen molar-refractivity contribution in [2.24, 2.45) is 0 Å². The van der Waals surface area contributed by atoms with Crippen molar-refractivity contribution in [1.82, 2.24) is 0 Å². The minimum atomic E-state index is -1.88. The number of allylic oxidation sites excluding steroid dienone is 1. The first kappa shape index (κ1) is 42.6. The summed E-state index contributed by atoms with van der Waals surface area (Å²) in [5.74, 6) is 0. The molecule has 3 unspecified atom stereocenters. The van der Waals surface area contributed by atoms with Gasteiger partial charge < -0.3 is 9.80 Å². The van der Waals surface area contributed by atoms with Crippen molar-refractivity contribution in [3.63, 3.8) is 0 Å². The van der Waals surface area contributed by atoms with Crippen LogP contribution in [0, 0.1) is 41.5 Å². The van der Waals surface area contributed by atoms with Gasteiger partial charge in [0.2, 0.25) is 0 Å². The second-order valence-electron chi connectivity index (χ2n) is 18.3. The molecule has 3 aromatic carbocycles. The monoisotopic (exact) mass is 900 g/mol. The molecule has 3 atom stereocenters. The Bertz CT molecular complexity index is 1750. The van der Waals surface area contributed by atoms with E-state index in [0.29, 0.717) is 17.7 Å². The summed E-state index contributed by atoms with van der Waals surface area (Å²) in [6.45, 7) is 12.6. The first-order chi connectivity index (χ1) is 27.2. The Morgan fingerprint density at radius 3 is 1.41 bits per heavy atom. The first-order valence-electron chi connectivity index (χ1n) is 22.3. The fourth-order valence-electron chi connectivity index (χ4n) is 12.8. The van der Waals surface area contributed by atoms with Crippen molar-refractivity contribution in [2.45, 2.75) is 186 Å². The molecule has 1 aliphatic heterocycles. The van der Waals surface area contributed by atoms with Crippen molar-refractivity contribution in [1.29, 1.82) is 0 Å². The van der Waals surface area contributed by atoms with Gasteiger partial charge in [0.15, 0.2) is 0 Å². The molecular weight excluding hydrogens is 832 g/mol. The normalized spacial score (nSPS) is 24.7. The van der Waals surface area contributed by atoms with Gasteiger partial charge in [0, 0.05) is 17.0 Å². The molecule has 0 aromatic heterocycles. The molecule has 2 nitrogen and oxygen atoms in total. The number of anilines is 2. The van der Waals surface area contributed by atoms with Crippen LogP contribution in [0.5, 0.6) is 0 Å². The van der Waals surface area contributed by atoms with Gasteiger partial charge in [-0.1, -0.05) is 142 Å². The number of benzene rings is 3. The van der Waals surface area contributed by atoms with E-state index in [1.54, 1.807) is 11.4 Å². The van der Waals surface area contributed by atoms with E-state index in [1.165, 1.54) is 155 Å². The van der Waals surface area contributed by atoms with E-state index in [9.17, 15) is 0 Å². The van der Waals surface area contributed by atoms with E-state index in [4.69, 9.17) is 19.4 Å². The summed E-state index contributed by atoms with van der Waals surface area (Å²) >= 11 is -0.346. The molecule has 1 heterocycles. The van der Waals surface area contributed by atoms with Crippen LogP contribution < -0.4 is 9.80 Å². The zero-order valence-corrected chi connectivity index (χ0v) is 39.5. The van der Waals surface area contributed by atoms with Gasteiger partial charge in [-0.05, 0) is 138 Å². The maximum absolute atomic E-state index is 4.85. The van der Waals surface area contributed by atoms with E-state index in [2.05, 4.69) is 112 Å². The summed E-state index contributed by atoms with van der Waals surface area (Å²) in [7, 11) is 9.71. The fourth-order valence-corrected chi connectivity index (χ4v) is 20.4. The average Bonchev–Trinajstić information content (AvgIpc) is 3.51. The van der Waals surface area contributed by atoms with E-state index in [-0.39, 0.29) is 15.1 Å². The van der Waals surface area contributed by atoms with Gasteiger partial charge in [0.05, 0.1) is 12.1 Å². The summed E-state index contributed by atoms with van der Waals surface area (Å²) in [5.41, 5.74) is 19.4. The van der Waals surface area contributed by atoms with Gasteiger partial charge in [0.1, 0.15) is 5.54 Å². The van der Waals surface area contributed by atoms with E-state index < -0.39 is 6.89 Å². The Hall–Kier alpha value is -1.50. The van der Waals surface area contributed by atoms with Crippen LogP contribution in [-0.2, 0) is 15.1 Å². The van der Waals surface area contributed by atoms with Crippen LogP contribution in [0.1, 0.15) is 155 Å².